The minimum atomic E-state index is -4.58. The van der Waals surface area contributed by atoms with Gasteiger partial charge in [0, 0.05) is 18.6 Å². The van der Waals surface area contributed by atoms with E-state index in [0.29, 0.717) is 6.92 Å². The Morgan fingerprint density at radius 2 is 1.74 bits per heavy atom. The van der Waals surface area contributed by atoms with Crippen LogP contribution < -0.4 is 10.1 Å². The molecule has 2 aromatic rings. The summed E-state index contributed by atoms with van der Waals surface area (Å²) in [6, 6.07) is 4.76. The van der Waals surface area contributed by atoms with Crippen LogP contribution in [0.5, 0.6) is 11.6 Å². The van der Waals surface area contributed by atoms with Gasteiger partial charge in [0.15, 0.2) is 9.84 Å². The van der Waals surface area contributed by atoms with Crippen LogP contribution in [0.25, 0.3) is 0 Å². The third kappa shape index (κ3) is 6.99. The summed E-state index contributed by atoms with van der Waals surface area (Å²) in [5, 5.41) is 3.60. The molecule has 0 unspecified atom stereocenters. The SMILES string of the molecule is CC(F)(F)c1ccc(C(=O)N[C@H](/C=C/S(C)(=O)=O)C2CC2)nc1Oc1ccc(C(F)(F)F)cc1. The van der Waals surface area contributed by atoms with E-state index in [1.54, 1.807) is 0 Å². The summed E-state index contributed by atoms with van der Waals surface area (Å²) in [7, 11) is -3.42. The zero-order chi connectivity index (χ0) is 25.3. The molecule has 1 aliphatic carbocycles. The van der Waals surface area contributed by atoms with Crippen LogP contribution in [-0.4, -0.2) is 31.6 Å². The molecule has 1 heterocycles. The van der Waals surface area contributed by atoms with Gasteiger partial charge >= 0.3 is 6.18 Å². The number of aromatic nitrogens is 1. The number of nitrogens with one attached hydrogen (secondary N) is 1. The molecule has 1 N–H and O–H groups in total. The number of nitrogens with zero attached hydrogens (tertiary/aromatic N) is 1. The third-order valence-electron chi connectivity index (χ3n) is 4.92. The van der Waals surface area contributed by atoms with Crippen molar-refractivity contribution in [3.63, 3.8) is 0 Å². The second kappa shape index (κ2) is 9.32. The zero-order valence-corrected chi connectivity index (χ0v) is 18.9. The van der Waals surface area contributed by atoms with Crippen molar-refractivity contribution in [3.8, 4) is 11.6 Å². The second-order valence-corrected chi connectivity index (χ2v) is 9.99. The highest BCUT2D eigenvalue weighted by atomic mass is 32.2. The summed E-state index contributed by atoms with van der Waals surface area (Å²) >= 11 is 0. The molecule has 1 atom stereocenters. The summed E-state index contributed by atoms with van der Waals surface area (Å²) in [4.78, 5) is 16.6. The van der Waals surface area contributed by atoms with Gasteiger partial charge in [-0.15, -0.1) is 0 Å². The molecule has 0 radical (unpaired) electrons. The molecule has 1 aromatic heterocycles. The molecule has 3 rings (SSSR count). The maximum Gasteiger partial charge on any atom is 0.416 e. The maximum absolute atomic E-state index is 14.1. The Morgan fingerprint density at radius 1 is 1.12 bits per heavy atom. The number of amides is 1. The Labute approximate surface area is 192 Å². The highest BCUT2D eigenvalue weighted by Gasteiger charge is 2.34. The van der Waals surface area contributed by atoms with E-state index in [4.69, 9.17) is 4.74 Å². The van der Waals surface area contributed by atoms with Crippen molar-refractivity contribution in [2.45, 2.75) is 37.9 Å². The van der Waals surface area contributed by atoms with E-state index in [9.17, 15) is 35.2 Å². The number of halogens is 5. The Bertz CT molecular complexity index is 1190. The Balaban J connectivity index is 1.87. The fourth-order valence-corrected chi connectivity index (χ4v) is 3.49. The van der Waals surface area contributed by atoms with E-state index >= 15 is 0 Å². The molecular weight excluding hydrogens is 483 g/mol. The van der Waals surface area contributed by atoms with Crippen LogP contribution in [-0.2, 0) is 21.9 Å². The minimum absolute atomic E-state index is 0.0315. The number of benzene rings is 1. The lowest BCUT2D eigenvalue weighted by atomic mass is 10.1. The van der Waals surface area contributed by atoms with E-state index in [1.807, 2.05) is 0 Å². The number of alkyl halides is 5. The molecule has 0 saturated heterocycles. The first kappa shape index (κ1) is 25.6. The number of pyridine rings is 1. The Kier molecular flexibility index (Phi) is 7.02. The van der Waals surface area contributed by atoms with Gasteiger partial charge in [-0.3, -0.25) is 4.79 Å². The molecule has 1 amide bonds. The lowest BCUT2D eigenvalue weighted by Crippen LogP contribution is -2.35. The molecule has 12 heteroatoms. The van der Waals surface area contributed by atoms with Crippen LogP contribution in [0.3, 0.4) is 0 Å². The number of hydrogen-bond donors (Lipinski definition) is 1. The predicted molar refractivity (Wildman–Crippen MR) is 113 cm³/mol. The summed E-state index contributed by atoms with van der Waals surface area (Å²) in [6.07, 6.45) is -0.685. The molecule has 184 valence electrons. The normalized spacial score (nSPS) is 15.9. The molecule has 34 heavy (non-hydrogen) atoms. The van der Waals surface area contributed by atoms with Crippen LogP contribution in [0.15, 0.2) is 47.9 Å². The number of sulfone groups is 1. The van der Waals surface area contributed by atoms with E-state index in [-0.39, 0.29) is 17.4 Å². The van der Waals surface area contributed by atoms with Gasteiger partial charge in [0.05, 0.1) is 17.2 Å². The highest BCUT2D eigenvalue weighted by molar-refractivity contribution is 7.93. The molecule has 1 fully saturated rings. The molecule has 1 aliphatic rings. The van der Waals surface area contributed by atoms with Crippen LogP contribution in [0.1, 0.15) is 41.4 Å². The van der Waals surface area contributed by atoms with Crippen LogP contribution >= 0.6 is 0 Å². The van der Waals surface area contributed by atoms with E-state index in [1.165, 1.54) is 6.08 Å². The van der Waals surface area contributed by atoms with Gasteiger partial charge in [-0.25, -0.2) is 22.2 Å². The van der Waals surface area contributed by atoms with Crippen molar-refractivity contribution in [2.24, 2.45) is 5.92 Å². The van der Waals surface area contributed by atoms with Gasteiger partial charge in [0.2, 0.25) is 5.88 Å². The molecule has 0 bridgehead atoms. The molecule has 6 nitrogen and oxygen atoms in total. The zero-order valence-electron chi connectivity index (χ0n) is 18.1. The minimum Gasteiger partial charge on any atom is -0.438 e. The first-order valence-corrected chi connectivity index (χ1v) is 12.0. The number of hydrogen-bond acceptors (Lipinski definition) is 5. The van der Waals surface area contributed by atoms with E-state index < -0.39 is 50.9 Å². The molecular formula is C22H21F5N2O4S. The number of carbonyl (C=O) groups is 1. The van der Waals surface area contributed by atoms with Gasteiger partial charge < -0.3 is 10.1 Å². The molecule has 1 aromatic carbocycles. The maximum atomic E-state index is 14.1. The lowest BCUT2D eigenvalue weighted by molar-refractivity contribution is -0.137. The largest absolute Gasteiger partial charge is 0.438 e. The van der Waals surface area contributed by atoms with Gasteiger partial charge in [0.25, 0.3) is 11.8 Å². The summed E-state index contributed by atoms with van der Waals surface area (Å²) in [5.74, 6) is -4.97. The quantitative estimate of drug-likeness (QED) is 0.508. The van der Waals surface area contributed by atoms with Crippen molar-refractivity contribution < 1.29 is 39.9 Å². The monoisotopic (exact) mass is 504 g/mol. The Morgan fingerprint density at radius 3 is 2.24 bits per heavy atom. The third-order valence-corrected chi connectivity index (χ3v) is 5.57. The summed E-state index contributed by atoms with van der Waals surface area (Å²) in [5.41, 5.74) is -1.90. The van der Waals surface area contributed by atoms with Gasteiger partial charge in [0.1, 0.15) is 11.4 Å². The second-order valence-electron chi connectivity index (χ2n) is 8.06. The first-order chi connectivity index (χ1) is 15.6. The topological polar surface area (TPSA) is 85.4 Å². The van der Waals surface area contributed by atoms with Crippen molar-refractivity contribution in [1.82, 2.24) is 10.3 Å². The van der Waals surface area contributed by atoms with Gasteiger partial charge in [-0.2, -0.15) is 13.2 Å². The van der Waals surface area contributed by atoms with Crippen molar-refractivity contribution in [2.75, 3.05) is 6.26 Å². The first-order valence-electron chi connectivity index (χ1n) is 10.1. The van der Waals surface area contributed by atoms with Crippen molar-refractivity contribution in [3.05, 3.63) is 64.7 Å². The summed E-state index contributed by atoms with van der Waals surface area (Å²) in [6.45, 7) is 0.586. The van der Waals surface area contributed by atoms with Crippen LogP contribution in [0.4, 0.5) is 22.0 Å². The highest BCUT2D eigenvalue weighted by Crippen LogP contribution is 2.37. The number of rotatable bonds is 8. The molecule has 0 aliphatic heterocycles. The van der Waals surface area contributed by atoms with Crippen molar-refractivity contribution >= 4 is 15.7 Å². The predicted octanol–water partition coefficient (Wildman–Crippen LogP) is 5.07. The average molecular weight is 504 g/mol. The molecule has 0 spiro atoms. The fraction of sp³-hybridized carbons (Fsp3) is 0.364. The van der Waals surface area contributed by atoms with Gasteiger partial charge in [-0.1, -0.05) is 6.08 Å². The molecule has 1 saturated carbocycles. The van der Waals surface area contributed by atoms with Gasteiger partial charge in [-0.05, 0) is 55.2 Å². The van der Waals surface area contributed by atoms with E-state index in [2.05, 4.69) is 10.3 Å². The average Bonchev–Trinajstić information content (AvgIpc) is 3.54. The van der Waals surface area contributed by atoms with Crippen LogP contribution in [0.2, 0.25) is 0 Å². The van der Waals surface area contributed by atoms with Crippen LogP contribution in [0, 0.1) is 5.92 Å². The standard InChI is InChI=1S/C22H21F5N2O4S/c1-21(23,24)16-9-10-18(19(30)28-17(13-3-4-13)11-12-34(2,31)32)29-20(16)33-15-7-5-14(6-8-15)22(25,26)27/h5-13,17H,3-4H2,1-2H3,(H,28,30)/b12-11+/t17-/m1/s1. The number of carbonyl (C=O) groups excluding carboxylic acids is 1. The van der Waals surface area contributed by atoms with Crippen molar-refractivity contribution in [1.29, 1.82) is 0 Å². The number of ether oxygens (including phenoxy) is 1. The fourth-order valence-electron chi connectivity index (χ4n) is 3.03. The smallest absolute Gasteiger partial charge is 0.416 e. The van der Waals surface area contributed by atoms with E-state index in [0.717, 1.165) is 60.9 Å². The lowest BCUT2D eigenvalue weighted by Gasteiger charge is -2.18. The Hall–Kier alpha value is -3.02. The summed E-state index contributed by atoms with van der Waals surface area (Å²) < 4.78 is 94.5.